The molecule has 0 heterocycles. The minimum absolute atomic E-state index is 0.00481. The third kappa shape index (κ3) is 11.9. The summed E-state index contributed by atoms with van der Waals surface area (Å²) in [5.41, 5.74) is 4.70. The number of carboxylic acids is 1. The van der Waals surface area contributed by atoms with Crippen LogP contribution >= 0.6 is 15.0 Å². The third-order valence-electron chi connectivity index (χ3n) is 5.41. The third-order valence-corrected chi connectivity index (χ3v) is 10.8. The maximum absolute atomic E-state index is 12.5. The average Bonchev–Trinajstić information content (AvgIpc) is 2.79. The summed E-state index contributed by atoms with van der Waals surface area (Å²) >= 11 is -0.0254. The number of aromatic carboxylic acids is 1. The number of hydrogen-bond donors (Lipinski definition) is 1. The minimum atomic E-state index is -1.19. The summed E-state index contributed by atoms with van der Waals surface area (Å²) in [4.78, 5) is 23.6. The van der Waals surface area contributed by atoms with Gasteiger partial charge in [0.15, 0.2) is 0 Å². The van der Waals surface area contributed by atoms with Crippen LogP contribution in [0.2, 0.25) is 25.7 Å². The maximum atomic E-state index is 12.5. The normalized spacial score (nSPS) is 10.8. The Kier molecular flexibility index (Phi) is 16.1. The van der Waals surface area contributed by atoms with Gasteiger partial charge in [-0.05, 0) is 0 Å². The Labute approximate surface area is 243 Å². The fourth-order valence-electron chi connectivity index (χ4n) is 3.69. The molecule has 0 atom stereocenters. The van der Waals surface area contributed by atoms with E-state index in [1.807, 2.05) is 39.0 Å². The van der Waals surface area contributed by atoms with E-state index >= 15 is 0 Å². The first-order valence-electron chi connectivity index (χ1n) is 12.5. The van der Waals surface area contributed by atoms with Gasteiger partial charge in [0.1, 0.15) is 0 Å². The monoisotopic (exact) mass is 712 g/mol. The molecule has 0 aliphatic carbocycles. The van der Waals surface area contributed by atoms with Crippen molar-refractivity contribution in [2.24, 2.45) is 0 Å². The molecule has 2 aromatic rings. The van der Waals surface area contributed by atoms with E-state index in [1.54, 1.807) is 13.0 Å². The number of carbonyl (C=O) groups excluding carboxylic acids is 1. The number of rotatable bonds is 13. The molecule has 0 unspecified atom stereocenters. The van der Waals surface area contributed by atoms with Gasteiger partial charge in [-0.25, -0.2) is 0 Å². The zero-order valence-corrected chi connectivity index (χ0v) is 30.2. The average molecular weight is 711 g/mol. The van der Waals surface area contributed by atoms with E-state index in [1.165, 1.54) is 0 Å². The number of benzene rings is 2. The standard InChI is InChI=1S/C16H27O3PSeSi.C11H15O3PSe/c1-6-18-14-9-12(2)15(13(10-14)11-21-20)16(17)19-7-8-22(3,4)5;1-3-14-9-4-7(2)10(11(12)13)8(5-9)6-16-15/h9-10,20-21H,6-8,11H2,1-5H3;4-5,15-16H,3,6H2,1-2H3,(H,12,13). The van der Waals surface area contributed by atoms with E-state index in [-0.39, 0.29) is 34.1 Å². The first-order chi connectivity index (χ1) is 17.9. The van der Waals surface area contributed by atoms with Crippen molar-refractivity contribution >= 4 is 63.1 Å². The molecule has 0 fully saturated rings. The summed E-state index contributed by atoms with van der Waals surface area (Å²) in [5.74, 6) is 0.517. The van der Waals surface area contributed by atoms with Crippen LogP contribution in [0.4, 0.5) is 0 Å². The SMILES string of the molecule is CCOc1cc(C)c(C(=O)O)c(C[SeH]=P)c1.CCOc1cc(C)c(C(=O)OCC[Si](C)(C)C)c(C[SeH]=P)c1. The molecule has 212 valence electrons. The Balaban J connectivity index is 0.000000399. The van der Waals surface area contributed by atoms with Crippen LogP contribution in [0, 0.1) is 13.8 Å². The van der Waals surface area contributed by atoms with Gasteiger partial charge in [-0.2, -0.15) is 0 Å². The molecule has 0 aliphatic heterocycles. The Bertz CT molecular complexity index is 1140. The summed E-state index contributed by atoms with van der Waals surface area (Å²) in [7, 11) is 5.87. The van der Waals surface area contributed by atoms with Gasteiger partial charge in [0.05, 0.1) is 0 Å². The van der Waals surface area contributed by atoms with Crippen LogP contribution in [-0.2, 0) is 15.4 Å². The molecule has 0 bridgehead atoms. The molecule has 0 aliphatic rings. The first-order valence-corrected chi connectivity index (χ1v) is 25.4. The van der Waals surface area contributed by atoms with E-state index < -0.39 is 14.0 Å². The van der Waals surface area contributed by atoms with Crippen molar-refractivity contribution in [3.63, 3.8) is 0 Å². The molecule has 6 nitrogen and oxygen atoms in total. The Morgan fingerprint density at radius 1 is 0.842 bits per heavy atom. The van der Waals surface area contributed by atoms with E-state index in [9.17, 15) is 9.59 Å². The number of carbonyl (C=O) groups is 2. The number of esters is 1. The molecule has 0 spiro atoms. The summed E-state index contributed by atoms with van der Waals surface area (Å²) in [6.07, 6.45) is 0. The van der Waals surface area contributed by atoms with Crippen LogP contribution in [0.5, 0.6) is 11.5 Å². The van der Waals surface area contributed by atoms with Crippen molar-refractivity contribution in [1.82, 2.24) is 0 Å². The number of ether oxygens (including phenoxy) is 3. The molecule has 0 aromatic heterocycles. The zero-order valence-electron chi connectivity index (χ0n) is 23.4. The van der Waals surface area contributed by atoms with Crippen LogP contribution in [0.15, 0.2) is 24.3 Å². The van der Waals surface area contributed by atoms with Crippen LogP contribution in [0.25, 0.3) is 0 Å². The van der Waals surface area contributed by atoms with Gasteiger partial charge in [0.25, 0.3) is 0 Å². The summed E-state index contributed by atoms with van der Waals surface area (Å²) < 4.78 is 16.5. The van der Waals surface area contributed by atoms with E-state index in [0.717, 1.165) is 50.4 Å². The molecule has 2 rings (SSSR count). The molecule has 1 N–H and O–H groups in total. The van der Waals surface area contributed by atoms with Crippen molar-refractivity contribution in [3.8, 4) is 11.5 Å². The second-order valence-electron chi connectivity index (χ2n) is 9.80. The van der Waals surface area contributed by atoms with Gasteiger partial charge in [-0.3, -0.25) is 0 Å². The van der Waals surface area contributed by atoms with Gasteiger partial charge in [0, 0.05) is 0 Å². The molecule has 2 aromatic carbocycles. The Hall–Kier alpha value is -1.16. The summed E-state index contributed by atoms with van der Waals surface area (Å²) in [6.45, 7) is 16.2. The number of carboxylic acid groups (broad SMARTS) is 1. The molecule has 0 amide bonds. The summed E-state index contributed by atoms with van der Waals surface area (Å²) in [5, 5.41) is 10.8. The number of hydrogen-bond acceptors (Lipinski definition) is 5. The van der Waals surface area contributed by atoms with Crippen molar-refractivity contribution in [3.05, 3.63) is 57.6 Å². The van der Waals surface area contributed by atoms with Crippen molar-refractivity contribution in [2.75, 3.05) is 19.8 Å². The molecule has 11 heteroatoms. The van der Waals surface area contributed by atoms with Crippen molar-refractivity contribution < 1.29 is 28.9 Å². The van der Waals surface area contributed by atoms with Crippen LogP contribution < -0.4 is 9.47 Å². The van der Waals surface area contributed by atoms with Gasteiger partial charge >= 0.3 is 245 Å². The molecule has 0 saturated heterocycles. The van der Waals surface area contributed by atoms with Gasteiger partial charge < -0.3 is 0 Å². The Morgan fingerprint density at radius 3 is 1.68 bits per heavy atom. The summed E-state index contributed by atoms with van der Waals surface area (Å²) in [6, 6.07) is 8.50. The van der Waals surface area contributed by atoms with E-state index in [4.69, 9.17) is 19.3 Å². The molecule has 38 heavy (non-hydrogen) atoms. The van der Waals surface area contributed by atoms with Crippen LogP contribution in [0.1, 0.15) is 56.8 Å². The quantitative estimate of drug-likeness (QED) is 0.157. The topological polar surface area (TPSA) is 82.1 Å². The molecular weight excluding hydrogens is 668 g/mol. The zero-order chi connectivity index (χ0) is 28.9. The van der Waals surface area contributed by atoms with Crippen LogP contribution in [-0.4, -0.2) is 73.0 Å². The van der Waals surface area contributed by atoms with Gasteiger partial charge in [-0.1, -0.05) is 0 Å². The van der Waals surface area contributed by atoms with E-state index in [0.29, 0.717) is 30.9 Å². The predicted octanol–water partition coefficient (Wildman–Crippen LogP) is 5.97. The Morgan fingerprint density at radius 2 is 1.29 bits per heavy atom. The fraction of sp³-hybridized carbons (Fsp3) is 0.481. The second-order valence-corrected chi connectivity index (χ2v) is 21.4. The fourth-order valence-corrected chi connectivity index (χ4v) is 7.93. The number of aryl methyl sites for hydroxylation is 2. The van der Waals surface area contributed by atoms with Gasteiger partial charge in [0.2, 0.25) is 0 Å². The molecular formula is C27H42O6P2Se2Si. The van der Waals surface area contributed by atoms with Crippen LogP contribution in [0.3, 0.4) is 0 Å². The van der Waals surface area contributed by atoms with Crippen molar-refractivity contribution in [1.29, 1.82) is 0 Å². The molecule has 0 saturated carbocycles. The van der Waals surface area contributed by atoms with E-state index in [2.05, 4.69) is 34.6 Å². The first kappa shape index (κ1) is 34.9. The second kappa shape index (κ2) is 17.5. The van der Waals surface area contributed by atoms with Gasteiger partial charge in [-0.15, -0.1) is 0 Å². The predicted molar refractivity (Wildman–Crippen MR) is 168 cm³/mol. The molecule has 0 radical (unpaired) electrons. The van der Waals surface area contributed by atoms with Crippen molar-refractivity contribution in [2.45, 2.75) is 64.0 Å².